The Labute approximate surface area is 71.1 Å². The standard InChI is InChI=1S/C9H11NO2/c1-3-7-4-6(2)10-5-8(7)9(11)12/h4-5H,3H2,1-2H3,(H,11,12). The van der Waals surface area contributed by atoms with Crippen LogP contribution >= 0.6 is 0 Å². The van der Waals surface area contributed by atoms with Gasteiger partial charge in [-0.25, -0.2) is 4.79 Å². The summed E-state index contributed by atoms with van der Waals surface area (Å²) in [6.07, 6.45) is 2.14. The maximum Gasteiger partial charge on any atom is 0.337 e. The molecule has 1 aromatic heterocycles. The van der Waals surface area contributed by atoms with Crippen LogP contribution in [0.25, 0.3) is 0 Å². The van der Waals surface area contributed by atoms with Crippen molar-refractivity contribution in [2.75, 3.05) is 0 Å². The number of pyridine rings is 1. The minimum absolute atomic E-state index is 0.308. The molecule has 0 aliphatic heterocycles. The zero-order valence-electron chi connectivity index (χ0n) is 7.16. The lowest BCUT2D eigenvalue weighted by Gasteiger charge is -2.02. The van der Waals surface area contributed by atoms with Gasteiger partial charge >= 0.3 is 5.97 Å². The predicted molar refractivity (Wildman–Crippen MR) is 45.3 cm³/mol. The Morgan fingerprint density at radius 2 is 2.33 bits per heavy atom. The van der Waals surface area contributed by atoms with Crippen LogP contribution < -0.4 is 0 Å². The minimum atomic E-state index is -0.903. The van der Waals surface area contributed by atoms with E-state index in [0.29, 0.717) is 5.56 Å². The highest BCUT2D eigenvalue weighted by molar-refractivity contribution is 5.88. The van der Waals surface area contributed by atoms with E-state index < -0.39 is 5.97 Å². The molecule has 0 aromatic carbocycles. The van der Waals surface area contributed by atoms with Crippen LogP contribution in [0.2, 0.25) is 0 Å². The molecule has 1 rings (SSSR count). The van der Waals surface area contributed by atoms with Crippen LogP contribution in [0.3, 0.4) is 0 Å². The molecule has 0 aliphatic carbocycles. The largest absolute Gasteiger partial charge is 0.478 e. The van der Waals surface area contributed by atoms with Gasteiger partial charge in [-0.3, -0.25) is 4.98 Å². The topological polar surface area (TPSA) is 50.2 Å². The molecule has 64 valence electrons. The summed E-state index contributed by atoms with van der Waals surface area (Å²) in [6, 6.07) is 1.81. The quantitative estimate of drug-likeness (QED) is 0.724. The third-order valence-electron chi connectivity index (χ3n) is 1.74. The molecule has 0 spiro atoms. The number of aromatic carboxylic acids is 1. The number of nitrogens with zero attached hydrogens (tertiary/aromatic N) is 1. The fourth-order valence-electron chi connectivity index (χ4n) is 1.10. The minimum Gasteiger partial charge on any atom is -0.478 e. The van der Waals surface area contributed by atoms with Crippen molar-refractivity contribution in [1.82, 2.24) is 4.98 Å². The van der Waals surface area contributed by atoms with Gasteiger partial charge in [0, 0.05) is 11.9 Å². The Hall–Kier alpha value is -1.38. The van der Waals surface area contributed by atoms with E-state index in [1.54, 1.807) is 0 Å². The maximum atomic E-state index is 10.7. The molecule has 1 aromatic rings. The van der Waals surface area contributed by atoms with Crippen LogP contribution in [0.15, 0.2) is 12.3 Å². The summed E-state index contributed by atoms with van der Waals surface area (Å²) in [5.74, 6) is -0.903. The van der Waals surface area contributed by atoms with Crippen molar-refractivity contribution < 1.29 is 9.90 Å². The number of hydrogen-bond donors (Lipinski definition) is 1. The molecule has 1 heterocycles. The molecule has 0 radical (unpaired) electrons. The van der Waals surface area contributed by atoms with Crippen LogP contribution in [0, 0.1) is 6.92 Å². The highest BCUT2D eigenvalue weighted by Gasteiger charge is 2.08. The lowest BCUT2D eigenvalue weighted by Crippen LogP contribution is -2.03. The molecule has 3 nitrogen and oxygen atoms in total. The molecule has 12 heavy (non-hydrogen) atoms. The molecule has 0 aliphatic rings. The maximum absolute atomic E-state index is 10.7. The molecule has 0 amide bonds. The fourth-order valence-corrected chi connectivity index (χ4v) is 1.10. The SMILES string of the molecule is CCc1cc(C)ncc1C(=O)O. The van der Waals surface area contributed by atoms with E-state index in [-0.39, 0.29) is 0 Å². The van der Waals surface area contributed by atoms with E-state index in [1.807, 2.05) is 19.9 Å². The molecule has 1 N–H and O–H groups in total. The van der Waals surface area contributed by atoms with Crippen LogP contribution in [-0.4, -0.2) is 16.1 Å². The van der Waals surface area contributed by atoms with Gasteiger partial charge in [-0.2, -0.15) is 0 Å². The monoisotopic (exact) mass is 165 g/mol. The highest BCUT2D eigenvalue weighted by atomic mass is 16.4. The summed E-state index contributed by atoms with van der Waals surface area (Å²) in [5.41, 5.74) is 2.01. The first-order valence-electron chi connectivity index (χ1n) is 3.84. The molecule has 0 unspecified atom stereocenters. The number of aryl methyl sites for hydroxylation is 2. The third kappa shape index (κ3) is 1.61. The van der Waals surface area contributed by atoms with Gasteiger partial charge in [0.1, 0.15) is 0 Å². The van der Waals surface area contributed by atoms with Crippen molar-refractivity contribution in [3.8, 4) is 0 Å². The highest BCUT2D eigenvalue weighted by Crippen LogP contribution is 2.09. The number of aromatic nitrogens is 1. The first-order valence-corrected chi connectivity index (χ1v) is 3.84. The number of hydrogen-bond acceptors (Lipinski definition) is 2. The van der Waals surface area contributed by atoms with Gasteiger partial charge in [0.05, 0.1) is 5.56 Å². The second-order valence-corrected chi connectivity index (χ2v) is 2.64. The number of rotatable bonds is 2. The number of carboxylic acids is 1. The Morgan fingerprint density at radius 3 is 2.83 bits per heavy atom. The van der Waals surface area contributed by atoms with E-state index >= 15 is 0 Å². The average molecular weight is 165 g/mol. The second-order valence-electron chi connectivity index (χ2n) is 2.64. The Bertz CT molecular complexity index is 307. The normalized spacial score (nSPS) is 9.83. The van der Waals surface area contributed by atoms with E-state index in [1.165, 1.54) is 6.20 Å². The fraction of sp³-hybridized carbons (Fsp3) is 0.333. The van der Waals surface area contributed by atoms with Gasteiger partial charge in [-0.1, -0.05) is 6.92 Å². The predicted octanol–water partition coefficient (Wildman–Crippen LogP) is 1.65. The number of carbonyl (C=O) groups is 1. The van der Waals surface area contributed by atoms with Crippen molar-refractivity contribution in [3.05, 3.63) is 29.1 Å². The summed E-state index contributed by atoms with van der Waals surface area (Å²) in [5, 5.41) is 8.75. The molecular formula is C9H11NO2. The van der Waals surface area contributed by atoms with Crippen LogP contribution in [0.5, 0.6) is 0 Å². The van der Waals surface area contributed by atoms with Crippen LogP contribution in [0.1, 0.15) is 28.5 Å². The smallest absolute Gasteiger partial charge is 0.337 e. The molecule has 3 heteroatoms. The Kier molecular flexibility index (Phi) is 2.43. The molecule has 0 fully saturated rings. The van der Waals surface area contributed by atoms with Crippen molar-refractivity contribution in [2.45, 2.75) is 20.3 Å². The van der Waals surface area contributed by atoms with Crippen molar-refractivity contribution in [2.24, 2.45) is 0 Å². The summed E-state index contributed by atoms with van der Waals surface area (Å²) in [6.45, 7) is 3.78. The average Bonchev–Trinajstić information content (AvgIpc) is 2.03. The molecule has 0 saturated heterocycles. The molecular weight excluding hydrogens is 154 g/mol. The van der Waals surface area contributed by atoms with Gasteiger partial charge in [-0.05, 0) is 25.0 Å². The summed E-state index contributed by atoms with van der Waals surface area (Å²) in [4.78, 5) is 14.6. The van der Waals surface area contributed by atoms with Crippen molar-refractivity contribution in [3.63, 3.8) is 0 Å². The summed E-state index contributed by atoms with van der Waals surface area (Å²) >= 11 is 0. The summed E-state index contributed by atoms with van der Waals surface area (Å²) < 4.78 is 0. The van der Waals surface area contributed by atoms with E-state index in [9.17, 15) is 4.79 Å². The zero-order chi connectivity index (χ0) is 9.14. The first-order chi connectivity index (χ1) is 5.65. The van der Waals surface area contributed by atoms with Gasteiger partial charge in [0.15, 0.2) is 0 Å². The Morgan fingerprint density at radius 1 is 1.67 bits per heavy atom. The van der Waals surface area contributed by atoms with Crippen molar-refractivity contribution >= 4 is 5.97 Å². The third-order valence-corrected chi connectivity index (χ3v) is 1.74. The molecule has 0 bridgehead atoms. The van der Waals surface area contributed by atoms with Crippen LogP contribution in [0.4, 0.5) is 0 Å². The van der Waals surface area contributed by atoms with Gasteiger partial charge in [0.25, 0.3) is 0 Å². The van der Waals surface area contributed by atoms with Gasteiger partial charge in [0.2, 0.25) is 0 Å². The van der Waals surface area contributed by atoms with Gasteiger partial charge in [-0.15, -0.1) is 0 Å². The van der Waals surface area contributed by atoms with E-state index in [0.717, 1.165) is 17.7 Å². The lowest BCUT2D eigenvalue weighted by atomic mass is 10.1. The number of carboxylic acid groups (broad SMARTS) is 1. The second kappa shape index (κ2) is 3.34. The van der Waals surface area contributed by atoms with Gasteiger partial charge < -0.3 is 5.11 Å². The molecule has 0 atom stereocenters. The zero-order valence-corrected chi connectivity index (χ0v) is 7.16. The van der Waals surface area contributed by atoms with Crippen molar-refractivity contribution in [1.29, 1.82) is 0 Å². The lowest BCUT2D eigenvalue weighted by molar-refractivity contribution is 0.0695. The van der Waals surface area contributed by atoms with E-state index in [2.05, 4.69) is 4.98 Å². The van der Waals surface area contributed by atoms with E-state index in [4.69, 9.17) is 5.11 Å². The summed E-state index contributed by atoms with van der Waals surface area (Å²) in [7, 11) is 0. The Balaban J connectivity index is 3.20. The molecule has 0 saturated carbocycles. The first kappa shape index (κ1) is 8.71. The van der Waals surface area contributed by atoms with Crippen LogP contribution in [-0.2, 0) is 6.42 Å².